The Kier molecular flexibility index (Phi) is 4.54. The minimum absolute atomic E-state index is 0.0615. The molecule has 3 N–H and O–H groups in total. The summed E-state index contributed by atoms with van der Waals surface area (Å²) in [7, 11) is 0. The number of hydrogen-bond acceptors (Lipinski definition) is 6. The number of halogens is 5. The second kappa shape index (κ2) is 6.41. The van der Waals surface area contributed by atoms with Crippen LogP contribution in [0.1, 0.15) is 5.69 Å². The van der Waals surface area contributed by atoms with E-state index >= 15 is 0 Å². The largest absolute Gasteiger partial charge is 0.434 e. The molecule has 7 nitrogen and oxygen atoms in total. The molecule has 0 aromatic carbocycles. The highest BCUT2D eigenvalue weighted by molar-refractivity contribution is 7.13. The molecule has 3 heterocycles. The van der Waals surface area contributed by atoms with E-state index in [2.05, 4.69) is 9.97 Å². The molecular formula is C13H6Cl2F3N5O2S. The smallest absolute Gasteiger partial charge is 0.335 e. The maximum Gasteiger partial charge on any atom is 0.434 e. The maximum absolute atomic E-state index is 13.3. The van der Waals surface area contributed by atoms with Gasteiger partial charge in [-0.2, -0.15) is 13.2 Å². The van der Waals surface area contributed by atoms with Crippen molar-refractivity contribution in [2.75, 3.05) is 5.84 Å². The van der Waals surface area contributed by atoms with Crippen LogP contribution in [0.5, 0.6) is 0 Å². The molecule has 3 rings (SSSR count). The Hall–Kier alpha value is -2.37. The maximum atomic E-state index is 13.3. The van der Waals surface area contributed by atoms with E-state index < -0.39 is 28.7 Å². The highest BCUT2D eigenvalue weighted by Crippen LogP contribution is 2.36. The van der Waals surface area contributed by atoms with Gasteiger partial charge in [0.25, 0.3) is 5.56 Å². The van der Waals surface area contributed by atoms with Crippen LogP contribution in [0, 0.1) is 0 Å². The SMILES string of the molecule is Nn1c(C(F)(F)F)c(-c2nc(-c3cc(Cl)nc(Cl)c3)cs2)c(=O)[nH]c1=O. The molecule has 13 heteroatoms. The Labute approximate surface area is 155 Å². The lowest BCUT2D eigenvalue weighted by Gasteiger charge is -2.13. The summed E-state index contributed by atoms with van der Waals surface area (Å²) in [5, 5.41) is 1.25. The number of pyridine rings is 1. The summed E-state index contributed by atoms with van der Waals surface area (Å²) >= 11 is 12.3. The summed E-state index contributed by atoms with van der Waals surface area (Å²) in [6.07, 6.45) is -5.05. The quantitative estimate of drug-likeness (QED) is 0.486. The molecule has 0 unspecified atom stereocenters. The number of hydrogen-bond donors (Lipinski definition) is 2. The number of rotatable bonds is 2. The molecule has 0 radical (unpaired) electrons. The van der Waals surface area contributed by atoms with Crippen molar-refractivity contribution in [1.29, 1.82) is 0 Å². The van der Waals surface area contributed by atoms with Gasteiger partial charge in [0.15, 0.2) is 5.69 Å². The van der Waals surface area contributed by atoms with Crippen molar-refractivity contribution in [1.82, 2.24) is 19.6 Å². The Morgan fingerprint density at radius 3 is 2.35 bits per heavy atom. The molecule has 0 bridgehead atoms. The highest BCUT2D eigenvalue weighted by atomic mass is 35.5. The molecule has 0 saturated carbocycles. The first-order valence-electron chi connectivity index (χ1n) is 6.59. The lowest BCUT2D eigenvalue weighted by Crippen LogP contribution is -2.41. The molecule has 0 aliphatic rings. The van der Waals surface area contributed by atoms with Crippen LogP contribution in [0.2, 0.25) is 10.3 Å². The Balaban J connectivity index is 2.24. The van der Waals surface area contributed by atoms with E-state index in [4.69, 9.17) is 29.0 Å². The van der Waals surface area contributed by atoms with Gasteiger partial charge in [-0.3, -0.25) is 9.78 Å². The van der Waals surface area contributed by atoms with Gasteiger partial charge in [-0.25, -0.2) is 19.4 Å². The predicted molar refractivity (Wildman–Crippen MR) is 90.8 cm³/mol. The summed E-state index contributed by atoms with van der Waals surface area (Å²) in [6.45, 7) is 0. The molecule has 136 valence electrons. The minimum Gasteiger partial charge on any atom is -0.335 e. The number of H-pyrrole nitrogens is 1. The molecule has 3 aromatic rings. The third-order valence-corrected chi connectivity index (χ3v) is 4.44. The van der Waals surface area contributed by atoms with E-state index in [1.807, 2.05) is 0 Å². The molecule has 0 aliphatic heterocycles. The average Bonchev–Trinajstić information content (AvgIpc) is 2.98. The number of nitrogen functional groups attached to an aromatic ring is 1. The van der Waals surface area contributed by atoms with Crippen LogP contribution in [0.25, 0.3) is 21.8 Å². The zero-order valence-corrected chi connectivity index (χ0v) is 14.6. The summed E-state index contributed by atoms with van der Waals surface area (Å²) in [5.74, 6) is 5.18. The Bertz CT molecular complexity index is 1100. The van der Waals surface area contributed by atoms with Crippen LogP contribution in [0.15, 0.2) is 27.1 Å². The van der Waals surface area contributed by atoms with Gasteiger partial charge in [0.05, 0.1) is 5.69 Å². The van der Waals surface area contributed by atoms with E-state index in [0.717, 1.165) is 11.3 Å². The molecule has 26 heavy (non-hydrogen) atoms. The average molecular weight is 424 g/mol. The van der Waals surface area contributed by atoms with E-state index in [9.17, 15) is 22.8 Å². The first-order chi connectivity index (χ1) is 12.1. The monoisotopic (exact) mass is 423 g/mol. The summed E-state index contributed by atoms with van der Waals surface area (Å²) in [5.41, 5.74) is -4.49. The molecule has 0 saturated heterocycles. The van der Waals surface area contributed by atoms with Crippen molar-refractivity contribution < 1.29 is 13.2 Å². The summed E-state index contributed by atoms with van der Waals surface area (Å²) in [4.78, 5) is 32.9. The third-order valence-electron chi connectivity index (χ3n) is 3.19. The first kappa shape index (κ1) is 18.4. The number of nitrogens with zero attached hydrogens (tertiary/aromatic N) is 3. The number of nitrogens with one attached hydrogen (secondary N) is 1. The van der Waals surface area contributed by atoms with Crippen LogP contribution >= 0.6 is 34.5 Å². The second-order valence-corrected chi connectivity index (χ2v) is 6.52. The summed E-state index contributed by atoms with van der Waals surface area (Å²) in [6, 6.07) is 2.82. The van der Waals surface area contributed by atoms with Crippen molar-refractivity contribution in [2.24, 2.45) is 0 Å². The van der Waals surface area contributed by atoms with E-state index in [1.165, 1.54) is 17.5 Å². The van der Waals surface area contributed by atoms with Crippen LogP contribution < -0.4 is 17.1 Å². The van der Waals surface area contributed by atoms with E-state index in [0.29, 0.717) is 5.56 Å². The van der Waals surface area contributed by atoms with E-state index in [1.54, 1.807) is 4.98 Å². The number of alkyl halides is 3. The zero-order valence-electron chi connectivity index (χ0n) is 12.3. The third kappa shape index (κ3) is 3.32. The second-order valence-electron chi connectivity index (χ2n) is 4.89. The summed E-state index contributed by atoms with van der Waals surface area (Å²) < 4.78 is 39.8. The number of aromatic amines is 1. The minimum atomic E-state index is -5.05. The molecule has 0 spiro atoms. The Morgan fingerprint density at radius 2 is 1.77 bits per heavy atom. The fourth-order valence-corrected chi connectivity index (χ4v) is 3.49. The van der Waals surface area contributed by atoms with Gasteiger partial charge in [0, 0.05) is 10.9 Å². The van der Waals surface area contributed by atoms with Gasteiger partial charge in [0.1, 0.15) is 20.9 Å². The normalized spacial score (nSPS) is 11.7. The lowest BCUT2D eigenvalue weighted by atomic mass is 10.2. The molecule has 0 atom stereocenters. The van der Waals surface area contributed by atoms with Gasteiger partial charge >= 0.3 is 11.9 Å². The topological polar surface area (TPSA) is 107 Å². The molecule has 0 aliphatic carbocycles. The van der Waals surface area contributed by atoms with Crippen LogP contribution in [-0.4, -0.2) is 19.6 Å². The standard InChI is InChI=1S/C13H6Cl2F3N5O2S/c14-6-1-4(2-7(15)21-6)5-3-26-11(20-5)8-9(13(16,17)18)23(19)12(25)22-10(8)24/h1-3H,19H2,(H,22,24,25). The molecular weight excluding hydrogens is 418 g/mol. The van der Waals surface area contributed by atoms with Crippen LogP contribution in [0.4, 0.5) is 13.2 Å². The van der Waals surface area contributed by atoms with Gasteiger partial charge < -0.3 is 5.84 Å². The number of thiazole rings is 1. The van der Waals surface area contributed by atoms with Gasteiger partial charge in [-0.15, -0.1) is 11.3 Å². The van der Waals surface area contributed by atoms with Crippen molar-refractivity contribution in [3.05, 3.63) is 54.4 Å². The zero-order chi connectivity index (χ0) is 19.2. The highest BCUT2D eigenvalue weighted by Gasteiger charge is 2.40. The fourth-order valence-electron chi connectivity index (χ4n) is 2.16. The molecule has 3 aromatic heterocycles. The van der Waals surface area contributed by atoms with Crippen LogP contribution in [0.3, 0.4) is 0 Å². The van der Waals surface area contributed by atoms with Crippen molar-refractivity contribution in [3.8, 4) is 21.8 Å². The van der Waals surface area contributed by atoms with Gasteiger partial charge in [-0.1, -0.05) is 23.2 Å². The number of nitrogens with two attached hydrogens (primary N) is 1. The Morgan fingerprint density at radius 1 is 1.15 bits per heavy atom. The predicted octanol–water partition coefficient (Wildman–Crippen LogP) is 2.76. The van der Waals surface area contributed by atoms with Crippen LogP contribution in [-0.2, 0) is 6.18 Å². The fraction of sp³-hybridized carbons (Fsp3) is 0.0769. The molecule has 0 fully saturated rings. The van der Waals surface area contributed by atoms with Crippen molar-refractivity contribution in [2.45, 2.75) is 6.18 Å². The van der Waals surface area contributed by atoms with E-state index in [-0.39, 0.29) is 25.7 Å². The van der Waals surface area contributed by atoms with Gasteiger partial charge in [-0.05, 0) is 12.1 Å². The number of aromatic nitrogens is 4. The lowest BCUT2D eigenvalue weighted by molar-refractivity contribution is -0.142. The van der Waals surface area contributed by atoms with Gasteiger partial charge in [0.2, 0.25) is 0 Å². The van der Waals surface area contributed by atoms with Crippen molar-refractivity contribution >= 4 is 34.5 Å². The first-order valence-corrected chi connectivity index (χ1v) is 8.22. The molecule has 0 amide bonds. The van der Waals surface area contributed by atoms with Crippen molar-refractivity contribution in [3.63, 3.8) is 0 Å².